The molecule has 0 aliphatic rings. The molecule has 35 heavy (non-hydrogen) atoms. The van der Waals surface area contributed by atoms with Crippen molar-refractivity contribution >= 4 is 11.6 Å². The fourth-order valence-electron chi connectivity index (χ4n) is 3.37. The van der Waals surface area contributed by atoms with E-state index in [2.05, 4.69) is 5.16 Å². The van der Waals surface area contributed by atoms with Gasteiger partial charge in [-0.15, -0.1) is 0 Å². The Morgan fingerprint density at radius 2 is 1.83 bits per heavy atom. The minimum atomic E-state index is -0.813. The average Bonchev–Trinajstić information content (AvgIpc) is 2.81. The second-order valence-electron chi connectivity index (χ2n) is 8.55. The molecule has 0 saturated carbocycles. The number of oxime groups is 1. The van der Waals surface area contributed by atoms with Crippen LogP contribution < -0.4 is 21.0 Å². The van der Waals surface area contributed by atoms with Gasteiger partial charge in [-0.25, -0.2) is 14.2 Å². The molecular formula is C24H33FN4O6. The Morgan fingerprint density at radius 1 is 1.17 bits per heavy atom. The van der Waals surface area contributed by atoms with Crippen LogP contribution in [0.4, 0.5) is 4.39 Å². The van der Waals surface area contributed by atoms with Gasteiger partial charge in [0.2, 0.25) is 5.91 Å². The van der Waals surface area contributed by atoms with Crippen LogP contribution in [-0.2, 0) is 20.9 Å². The van der Waals surface area contributed by atoms with Gasteiger partial charge in [-0.3, -0.25) is 14.2 Å². The molecule has 0 saturated heterocycles. The van der Waals surface area contributed by atoms with E-state index >= 15 is 0 Å². The summed E-state index contributed by atoms with van der Waals surface area (Å²) in [6.07, 6.45) is 0.281. The largest absolute Gasteiger partial charge is 0.496 e. The maximum Gasteiger partial charge on any atom is 0.350 e. The highest BCUT2D eigenvalue weighted by Crippen LogP contribution is 2.29. The number of hydrogen-bond donors (Lipinski definition) is 0. The Labute approximate surface area is 203 Å². The number of ether oxygens (including phenoxy) is 2. The van der Waals surface area contributed by atoms with E-state index < -0.39 is 35.0 Å². The van der Waals surface area contributed by atoms with Crippen molar-refractivity contribution in [3.63, 3.8) is 0 Å². The number of carbonyl (C=O) groups is 1. The summed E-state index contributed by atoms with van der Waals surface area (Å²) < 4.78 is 26.9. The van der Waals surface area contributed by atoms with Gasteiger partial charge in [-0.05, 0) is 39.0 Å². The molecule has 2 rings (SSSR count). The lowest BCUT2D eigenvalue weighted by atomic mass is 10.1. The molecular weight excluding hydrogens is 459 g/mol. The van der Waals surface area contributed by atoms with E-state index in [1.165, 1.54) is 50.2 Å². The number of hydrogen-bond acceptors (Lipinski definition) is 7. The summed E-state index contributed by atoms with van der Waals surface area (Å²) in [5, 5.41) is 4.97. The van der Waals surface area contributed by atoms with E-state index in [-0.39, 0.29) is 23.9 Å². The Balaban J connectivity index is 2.73. The minimum Gasteiger partial charge on any atom is -0.496 e. The zero-order chi connectivity index (χ0) is 26.4. The molecule has 0 radical (unpaired) electrons. The second kappa shape index (κ2) is 11.8. The number of carbonyl (C=O) groups excluding carboxylic acids is 1. The molecule has 0 aliphatic heterocycles. The predicted octanol–water partition coefficient (Wildman–Crippen LogP) is 2.44. The fraction of sp³-hybridized carbons (Fsp3) is 0.500. The quantitative estimate of drug-likeness (QED) is 0.373. The van der Waals surface area contributed by atoms with Gasteiger partial charge in [0.1, 0.15) is 23.8 Å². The molecule has 2 aromatic rings. The van der Waals surface area contributed by atoms with Gasteiger partial charge >= 0.3 is 5.69 Å². The van der Waals surface area contributed by atoms with E-state index in [0.717, 1.165) is 9.69 Å². The molecule has 11 heteroatoms. The summed E-state index contributed by atoms with van der Waals surface area (Å²) in [7, 11) is 4.20. The molecule has 1 heterocycles. The van der Waals surface area contributed by atoms with Crippen LogP contribution >= 0.6 is 0 Å². The molecule has 1 amide bonds. The van der Waals surface area contributed by atoms with Gasteiger partial charge < -0.3 is 14.3 Å². The lowest BCUT2D eigenvalue weighted by Crippen LogP contribution is -2.55. The Hall–Kier alpha value is -3.47. The van der Waals surface area contributed by atoms with E-state index in [1.54, 1.807) is 34.6 Å². The first-order valence-corrected chi connectivity index (χ1v) is 11.1. The van der Waals surface area contributed by atoms with Crippen molar-refractivity contribution < 1.29 is 23.5 Å². The third-order valence-corrected chi connectivity index (χ3v) is 5.22. The molecule has 1 unspecified atom stereocenters. The SMILES string of the molecule is COc1ccc(F)cc1C(Cn1cc(/C(C)=N/OC(C)C)c(=O)n(N(C)C(=O)C(C)C)c1=O)OC. The molecule has 0 N–H and O–H groups in total. The van der Waals surface area contributed by atoms with Gasteiger partial charge in [0.25, 0.3) is 5.56 Å². The zero-order valence-electron chi connectivity index (χ0n) is 21.4. The number of aromatic nitrogens is 2. The van der Waals surface area contributed by atoms with Gasteiger partial charge in [0.15, 0.2) is 0 Å². The maximum atomic E-state index is 14.0. The Bertz CT molecular complexity index is 1200. The summed E-state index contributed by atoms with van der Waals surface area (Å²) in [5.74, 6) is -1.03. The van der Waals surface area contributed by atoms with Crippen LogP contribution in [0.15, 0.2) is 39.1 Å². The van der Waals surface area contributed by atoms with Gasteiger partial charge in [-0.2, -0.15) is 4.68 Å². The number of halogens is 1. The lowest BCUT2D eigenvalue weighted by molar-refractivity contribution is -0.122. The van der Waals surface area contributed by atoms with Crippen molar-refractivity contribution in [3.05, 3.63) is 62.2 Å². The third-order valence-electron chi connectivity index (χ3n) is 5.22. The van der Waals surface area contributed by atoms with Crippen LogP contribution in [0.2, 0.25) is 0 Å². The first-order valence-electron chi connectivity index (χ1n) is 11.1. The number of methoxy groups -OCH3 is 2. The highest BCUT2D eigenvalue weighted by molar-refractivity contribution is 5.97. The normalized spacial score (nSPS) is 12.7. The molecule has 10 nitrogen and oxygen atoms in total. The number of amides is 1. The van der Waals surface area contributed by atoms with E-state index in [0.29, 0.717) is 11.3 Å². The molecule has 0 aliphatic carbocycles. The topological polar surface area (TPSA) is 104 Å². The Morgan fingerprint density at radius 3 is 2.37 bits per heavy atom. The summed E-state index contributed by atoms with van der Waals surface area (Å²) in [6.45, 7) is 8.33. The number of benzene rings is 1. The summed E-state index contributed by atoms with van der Waals surface area (Å²) in [4.78, 5) is 44.6. The molecule has 0 fully saturated rings. The highest BCUT2D eigenvalue weighted by Gasteiger charge is 2.25. The molecule has 1 aromatic heterocycles. The third kappa shape index (κ3) is 6.36. The standard InChI is InChI=1S/C24H33FN4O6/c1-14(2)22(30)27(6)29-23(31)19(16(5)26-35-15(3)4)12-28(24(29)32)13-21(34-8)18-11-17(25)9-10-20(18)33-7/h9-12,14-15,21H,13H2,1-8H3/b26-16+. The molecule has 0 spiro atoms. The average molecular weight is 493 g/mol. The number of rotatable bonds is 10. The van der Waals surface area contributed by atoms with E-state index in [9.17, 15) is 18.8 Å². The van der Waals surface area contributed by atoms with Crippen molar-refractivity contribution in [1.29, 1.82) is 0 Å². The van der Waals surface area contributed by atoms with Crippen LogP contribution in [0.5, 0.6) is 5.75 Å². The van der Waals surface area contributed by atoms with E-state index in [4.69, 9.17) is 14.3 Å². The Kier molecular flexibility index (Phi) is 9.35. The van der Waals surface area contributed by atoms with Crippen molar-refractivity contribution in [2.24, 2.45) is 11.1 Å². The summed E-state index contributed by atoms with van der Waals surface area (Å²) >= 11 is 0. The van der Waals surface area contributed by atoms with E-state index in [1.807, 2.05) is 0 Å². The van der Waals surface area contributed by atoms with Gasteiger partial charge in [-0.1, -0.05) is 19.0 Å². The number of nitrogens with zero attached hydrogens (tertiary/aromatic N) is 4. The zero-order valence-corrected chi connectivity index (χ0v) is 21.4. The fourth-order valence-corrected chi connectivity index (χ4v) is 3.37. The van der Waals surface area contributed by atoms with Crippen molar-refractivity contribution in [3.8, 4) is 5.75 Å². The van der Waals surface area contributed by atoms with Crippen LogP contribution in [0, 0.1) is 11.7 Å². The molecule has 1 atom stereocenters. The van der Waals surface area contributed by atoms with Gasteiger partial charge in [0, 0.05) is 31.8 Å². The minimum absolute atomic E-state index is 0.0507. The summed E-state index contributed by atoms with van der Waals surface area (Å²) in [5.41, 5.74) is -0.858. The first-order chi connectivity index (χ1) is 16.4. The molecule has 1 aromatic carbocycles. The van der Waals surface area contributed by atoms with Crippen molar-refractivity contribution in [2.45, 2.75) is 53.4 Å². The van der Waals surface area contributed by atoms with Crippen molar-refractivity contribution in [1.82, 2.24) is 9.24 Å². The highest BCUT2D eigenvalue weighted by atomic mass is 19.1. The molecule has 192 valence electrons. The summed E-state index contributed by atoms with van der Waals surface area (Å²) in [6, 6.07) is 3.97. The van der Waals surface area contributed by atoms with Crippen LogP contribution in [0.1, 0.15) is 51.8 Å². The van der Waals surface area contributed by atoms with Crippen LogP contribution in [0.3, 0.4) is 0 Å². The first kappa shape index (κ1) is 27.8. The maximum absolute atomic E-state index is 14.0. The monoisotopic (exact) mass is 492 g/mol. The molecule has 0 bridgehead atoms. The smallest absolute Gasteiger partial charge is 0.350 e. The van der Waals surface area contributed by atoms with Crippen LogP contribution in [-0.4, -0.2) is 48.2 Å². The van der Waals surface area contributed by atoms with Gasteiger partial charge in [0.05, 0.1) is 24.9 Å². The second-order valence-corrected chi connectivity index (χ2v) is 8.55. The van der Waals surface area contributed by atoms with Crippen LogP contribution in [0.25, 0.3) is 0 Å². The predicted molar refractivity (Wildman–Crippen MR) is 130 cm³/mol. The lowest BCUT2D eigenvalue weighted by Gasteiger charge is -2.24. The van der Waals surface area contributed by atoms with Crippen molar-refractivity contribution in [2.75, 3.05) is 26.3 Å².